The molecule has 2 rings (SSSR count). The van der Waals surface area contributed by atoms with E-state index >= 15 is 0 Å². The average molecular weight is 336 g/mol. The average Bonchev–Trinajstić information content (AvgIpc) is 2.94. The van der Waals surface area contributed by atoms with E-state index in [2.05, 4.69) is 77.1 Å². The van der Waals surface area contributed by atoms with Crippen LogP contribution in [0.4, 0.5) is 0 Å². The van der Waals surface area contributed by atoms with E-state index in [9.17, 15) is 0 Å². The molecule has 108 valence electrons. The first kappa shape index (κ1) is 15.2. The maximum Gasteiger partial charge on any atom is 0.138 e. The molecule has 2 aromatic rings. The first-order valence-corrected chi connectivity index (χ1v) is 8.25. The highest BCUT2D eigenvalue weighted by atomic mass is 79.9. The van der Waals surface area contributed by atoms with Crippen LogP contribution in [-0.2, 0) is 11.8 Å². The van der Waals surface area contributed by atoms with E-state index in [4.69, 9.17) is 0 Å². The lowest BCUT2D eigenvalue weighted by Gasteiger charge is -2.31. The number of rotatable bonds is 6. The van der Waals surface area contributed by atoms with Crippen molar-refractivity contribution in [1.82, 2.24) is 14.8 Å². The smallest absolute Gasteiger partial charge is 0.138 e. The quantitative estimate of drug-likeness (QED) is 0.742. The molecular weight excluding hydrogens is 314 g/mol. The van der Waals surface area contributed by atoms with Gasteiger partial charge in [-0.3, -0.25) is 0 Å². The number of halogens is 1. The Labute approximate surface area is 129 Å². The third-order valence-corrected chi connectivity index (χ3v) is 5.02. The largest absolute Gasteiger partial charge is 0.248 e. The van der Waals surface area contributed by atoms with Crippen LogP contribution in [0.1, 0.15) is 44.6 Å². The molecule has 0 spiro atoms. The van der Waals surface area contributed by atoms with Crippen molar-refractivity contribution >= 4 is 15.9 Å². The molecule has 1 unspecified atom stereocenters. The molecule has 1 heterocycles. The molecule has 4 heteroatoms. The van der Waals surface area contributed by atoms with E-state index in [0.717, 1.165) is 24.0 Å². The molecule has 0 fully saturated rings. The molecule has 0 aliphatic rings. The lowest BCUT2D eigenvalue weighted by molar-refractivity contribution is 0.419. The van der Waals surface area contributed by atoms with Gasteiger partial charge < -0.3 is 0 Å². The van der Waals surface area contributed by atoms with Gasteiger partial charge in [0.1, 0.15) is 12.2 Å². The Kier molecular flexibility index (Phi) is 4.97. The predicted molar refractivity (Wildman–Crippen MR) is 86.3 cm³/mol. The van der Waals surface area contributed by atoms with E-state index in [1.54, 1.807) is 6.33 Å². The number of hydrogen-bond donors (Lipinski definition) is 0. The van der Waals surface area contributed by atoms with Crippen molar-refractivity contribution in [3.63, 3.8) is 0 Å². The van der Waals surface area contributed by atoms with E-state index in [1.807, 2.05) is 4.68 Å². The van der Waals surface area contributed by atoms with Gasteiger partial charge in [-0.25, -0.2) is 9.67 Å². The van der Waals surface area contributed by atoms with Crippen LogP contribution in [0.3, 0.4) is 0 Å². The fraction of sp³-hybridized carbons (Fsp3) is 0.500. The molecule has 1 atom stereocenters. The second-order valence-electron chi connectivity index (χ2n) is 5.52. The van der Waals surface area contributed by atoms with Gasteiger partial charge in [0.2, 0.25) is 0 Å². The van der Waals surface area contributed by atoms with Crippen molar-refractivity contribution in [2.24, 2.45) is 0 Å². The lowest BCUT2D eigenvalue weighted by Crippen LogP contribution is -2.32. The van der Waals surface area contributed by atoms with E-state index < -0.39 is 0 Å². The van der Waals surface area contributed by atoms with Gasteiger partial charge in [0, 0.05) is 23.2 Å². The standard InChI is InChI=1S/C16H22BrN3/c1-4-16(11-17,14-8-6-5-7-9-14)10-15-18-12-19-20(15)13(2)3/h5-9,12-13H,4,10-11H2,1-3H3. The Morgan fingerprint density at radius 2 is 1.95 bits per heavy atom. The summed E-state index contributed by atoms with van der Waals surface area (Å²) < 4.78 is 2.02. The highest BCUT2D eigenvalue weighted by Gasteiger charge is 2.31. The van der Waals surface area contributed by atoms with Crippen LogP contribution in [-0.4, -0.2) is 20.1 Å². The van der Waals surface area contributed by atoms with Gasteiger partial charge in [0.05, 0.1) is 0 Å². The summed E-state index contributed by atoms with van der Waals surface area (Å²) in [5.41, 5.74) is 1.43. The Morgan fingerprint density at radius 1 is 1.25 bits per heavy atom. The minimum absolute atomic E-state index is 0.0704. The molecule has 20 heavy (non-hydrogen) atoms. The van der Waals surface area contributed by atoms with Gasteiger partial charge >= 0.3 is 0 Å². The van der Waals surface area contributed by atoms with Gasteiger partial charge in [-0.2, -0.15) is 5.10 Å². The topological polar surface area (TPSA) is 30.7 Å². The van der Waals surface area contributed by atoms with Crippen LogP contribution in [0.25, 0.3) is 0 Å². The molecule has 0 bridgehead atoms. The molecule has 0 amide bonds. The highest BCUT2D eigenvalue weighted by molar-refractivity contribution is 9.09. The summed E-state index contributed by atoms with van der Waals surface area (Å²) in [6.07, 6.45) is 3.62. The first-order valence-electron chi connectivity index (χ1n) is 7.13. The van der Waals surface area contributed by atoms with Crippen molar-refractivity contribution in [3.8, 4) is 0 Å². The Balaban J connectivity index is 2.37. The van der Waals surface area contributed by atoms with Crippen LogP contribution in [0.2, 0.25) is 0 Å². The molecular formula is C16H22BrN3. The molecule has 0 saturated carbocycles. The van der Waals surface area contributed by atoms with Crippen LogP contribution in [0, 0.1) is 0 Å². The third kappa shape index (κ3) is 2.95. The SMILES string of the molecule is CCC(CBr)(Cc1ncnn1C(C)C)c1ccccc1. The van der Waals surface area contributed by atoms with E-state index in [1.165, 1.54) is 5.56 Å². The molecule has 1 aromatic carbocycles. The second-order valence-corrected chi connectivity index (χ2v) is 6.09. The molecule has 3 nitrogen and oxygen atoms in total. The summed E-state index contributed by atoms with van der Waals surface area (Å²) in [5.74, 6) is 1.06. The fourth-order valence-corrected chi connectivity index (χ4v) is 3.49. The molecule has 0 saturated heterocycles. The summed E-state index contributed by atoms with van der Waals surface area (Å²) in [7, 11) is 0. The molecule has 0 aliphatic heterocycles. The van der Waals surface area contributed by atoms with Gasteiger partial charge in [-0.05, 0) is 25.8 Å². The monoisotopic (exact) mass is 335 g/mol. The zero-order valence-electron chi connectivity index (χ0n) is 12.4. The summed E-state index contributed by atoms with van der Waals surface area (Å²) in [4.78, 5) is 4.47. The van der Waals surface area contributed by atoms with Crippen molar-refractivity contribution in [2.75, 3.05) is 5.33 Å². The van der Waals surface area contributed by atoms with Crippen LogP contribution in [0.15, 0.2) is 36.7 Å². The summed E-state index contributed by atoms with van der Waals surface area (Å²) >= 11 is 3.72. The van der Waals surface area contributed by atoms with Crippen molar-refractivity contribution in [2.45, 2.75) is 45.1 Å². The summed E-state index contributed by atoms with van der Waals surface area (Å²) in [5, 5.41) is 5.27. The van der Waals surface area contributed by atoms with Crippen molar-refractivity contribution in [1.29, 1.82) is 0 Å². The maximum absolute atomic E-state index is 4.47. The minimum atomic E-state index is 0.0704. The zero-order chi connectivity index (χ0) is 14.6. The van der Waals surface area contributed by atoms with Crippen LogP contribution < -0.4 is 0 Å². The minimum Gasteiger partial charge on any atom is -0.248 e. The highest BCUT2D eigenvalue weighted by Crippen LogP contribution is 2.33. The Morgan fingerprint density at radius 3 is 2.50 bits per heavy atom. The lowest BCUT2D eigenvalue weighted by atomic mass is 9.77. The summed E-state index contributed by atoms with van der Waals surface area (Å²) in [6, 6.07) is 11.0. The van der Waals surface area contributed by atoms with E-state index in [-0.39, 0.29) is 5.41 Å². The van der Waals surface area contributed by atoms with Gasteiger partial charge in [0.15, 0.2) is 0 Å². The Bertz CT molecular complexity index is 530. The van der Waals surface area contributed by atoms with Gasteiger partial charge in [-0.15, -0.1) is 0 Å². The number of alkyl halides is 1. The van der Waals surface area contributed by atoms with Crippen molar-refractivity contribution in [3.05, 3.63) is 48.0 Å². The van der Waals surface area contributed by atoms with Gasteiger partial charge in [0.25, 0.3) is 0 Å². The number of benzene rings is 1. The molecule has 1 aromatic heterocycles. The third-order valence-electron chi connectivity index (χ3n) is 3.95. The Hall–Kier alpha value is -1.16. The van der Waals surface area contributed by atoms with Crippen LogP contribution in [0.5, 0.6) is 0 Å². The normalized spacial score (nSPS) is 14.4. The predicted octanol–water partition coefficient (Wildman–Crippen LogP) is 4.14. The summed E-state index contributed by atoms with van der Waals surface area (Å²) in [6.45, 7) is 6.52. The molecule has 0 aliphatic carbocycles. The number of aromatic nitrogens is 3. The second kappa shape index (κ2) is 6.53. The zero-order valence-corrected chi connectivity index (χ0v) is 14.0. The van der Waals surface area contributed by atoms with Gasteiger partial charge in [-0.1, -0.05) is 53.2 Å². The maximum atomic E-state index is 4.47. The molecule has 0 radical (unpaired) electrons. The fourth-order valence-electron chi connectivity index (χ4n) is 2.58. The number of nitrogens with zero attached hydrogens (tertiary/aromatic N) is 3. The van der Waals surface area contributed by atoms with E-state index in [0.29, 0.717) is 6.04 Å². The van der Waals surface area contributed by atoms with Crippen LogP contribution >= 0.6 is 15.9 Å². The van der Waals surface area contributed by atoms with Crippen molar-refractivity contribution < 1.29 is 0 Å². The molecule has 0 N–H and O–H groups in total. The number of hydrogen-bond acceptors (Lipinski definition) is 2. The first-order chi connectivity index (χ1) is 9.63.